The number of aromatic nitrogens is 1. The van der Waals surface area contributed by atoms with Crippen molar-refractivity contribution < 1.29 is 26.3 Å². The first-order valence-electron chi connectivity index (χ1n) is 8.74. The molecule has 1 aliphatic heterocycles. The summed E-state index contributed by atoms with van der Waals surface area (Å²) in [6, 6.07) is 6.96. The molecule has 0 amide bonds. The van der Waals surface area contributed by atoms with E-state index in [2.05, 4.69) is 4.98 Å². The summed E-state index contributed by atoms with van der Waals surface area (Å²) in [4.78, 5) is 6.11. The lowest BCUT2D eigenvalue weighted by Gasteiger charge is -2.28. The monoisotopic (exact) mass is 414 g/mol. The van der Waals surface area contributed by atoms with E-state index >= 15 is 0 Å². The highest BCUT2D eigenvalue weighted by molar-refractivity contribution is 7.90. The van der Waals surface area contributed by atoms with E-state index in [9.17, 15) is 21.6 Å². The van der Waals surface area contributed by atoms with Crippen LogP contribution in [-0.4, -0.2) is 46.0 Å². The Hall–Kier alpha value is -2.13. The molecule has 152 valence electrons. The van der Waals surface area contributed by atoms with Crippen LogP contribution in [0.1, 0.15) is 18.4 Å². The summed E-state index contributed by atoms with van der Waals surface area (Å²) in [6.45, 7) is 1.08. The second-order valence-electron chi connectivity index (χ2n) is 6.84. The lowest BCUT2D eigenvalue weighted by Crippen LogP contribution is -2.34. The van der Waals surface area contributed by atoms with Crippen LogP contribution in [0.15, 0.2) is 41.4 Å². The summed E-state index contributed by atoms with van der Waals surface area (Å²) in [6.07, 6.45) is -0.946. The van der Waals surface area contributed by atoms with Crippen molar-refractivity contribution in [3.8, 4) is 11.1 Å². The topological polar surface area (TPSA) is 59.5 Å². The van der Waals surface area contributed by atoms with E-state index in [4.69, 9.17) is 4.74 Å². The standard InChI is InChI=1S/C19H21F3N2O3S/c1-27-12-15-6-4-8-24(15)18-17(10-14(11-23-18)19(20,21)22)13-5-3-7-16(9-13)28(2,25)26/h3,5,7,9-11,15H,4,6,8,12H2,1-2H3. The Morgan fingerprint density at radius 3 is 2.68 bits per heavy atom. The maximum absolute atomic E-state index is 13.3. The number of halogens is 3. The number of methoxy groups -OCH3 is 1. The zero-order chi connectivity index (χ0) is 20.5. The Bertz CT molecular complexity index is 961. The van der Waals surface area contributed by atoms with E-state index in [-0.39, 0.29) is 16.5 Å². The van der Waals surface area contributed by atoms with E-state index in [1.807, 2.05) is 4.90 Å². The van der Waals surface area contributed by atoms with Crippen LogP contribution < -0.4 is 4.90 Å². The molecule has 1 saturated heterocycles. The number of ether oxygens (including phenoxy) is 1. The van der Waals surface area contributed by atoms with Crippen LogP contribution in [0.3, 0.4) is 0 Å². The molecule has 2 aromatic rings. The van der Waals surface area contributed by atoms with Gasteiger partial charge in [0.05, 0.1) is 23.1 Å². The zero-order valence-electron chi connectivity index (χ0n) is 15.5. The van der Waals surface area contributed by atoms with Crippen molar-refractivity contribution in [3.05, 3.63) is 42.1 Å². The van der Waals surface area contributed by atoms with Gasteiger partial charge in [0.2, 0.25) is 0 Å². The third-order valence-corrected chi connectivity index (χ3v) is 5.89. The van der Waals surface area contributed by atoms with E-state index in [1.165, 1.54) is 18.2 Å². The Morgan fingerprint density at radius 1 is 1.29 bits per heavy atom. The van der Waals surface area contributed by atoms with E-state index < -0.39 is 21.6 Å². The van der Waals surface area contributed by atoms with Gasteiger partial charge in [0.1, 0.15) is 5.82 Å². The fourth-order valence-corrected chi connectivity index (χ4v) is 4.10. The van der Waals surface area contributed by atoms with Gasteiger partial charge < -0.3 is 9.64 Å². The first-order valence-corrected chi connectivity index (χ1v) is 10.6. The molecule has 1 aromatic carbocycles. The lowest BCUT2D eigenvalue weighted by molar-refractivity contribution is -0.137. The van der Waals surface area contributed by atoms with Crippen molar-refractivity contribution >= 4 is 15.7 Å². The predicted octanol–water partition coefficient (Wildman–Crippen LogP) is 3.79. The summed E-state index contributed by atoms with van der Waals surface area (Å²) in [7, 11) is -1.92. The molecule has 0 saturated carbocycles. The molecule has 0 bridgehead atoms. The molecule has 0 radical (unpaired) electrons. The Kier molecular flexibility index (Phi) is 5.67. The predicted molar refractivity (Wildman–Crippen MR) is 100 cm³/mol. The zero-order valence-corrected chi connectivity index (χ0v) is 16.3. The molecule has 1 aromatic heterocycles. The fourth-order valence-electron chi connectivity index (χ4n) is 3.43. The maximum Gasteiger partial charge on any atom is 0.417 e. The van der Waals surface area contributed by atoms with Crippen LogP contribution in [0.4, 0.5) is 19.0 Å². The van der Waals surface area contributed by atoms with Gasteiger partial charge in [0, 0.05) is 31.7 Å². The number of nitrogens with zero attached hydrogens (tertiary/aromatic N) is 2. The minimum absolute atomic E-state index is 0.00563. The molecule has 0 N–H and O–H groups in total. The summed E-state index contributed by atoms with van der Waals surface area (Å²) in [5.74, 6) is 0.401. The van der Waals surface area contributed by atoms with Crippen LogP contribution in [0.5, 0.6) is 0 Å². The fraction of sp³-hybridized carbons (Fsp3) is 0.421. The van der Waals surface area contributed by atoms with Gasteiger partial charge in [-0.3, -0.25) is 0 Å². The van der Waals surface area contributed by atoms with Gasteiger partial charge in [-0.15, -0.1) is 0 Å². The van der Waals surface area contributed by atoms with Gasteiger partial charge in [0.15, 0.2) is 9.84 Å². The van der Waals surface area contributed by atoms with Gasteiger partial charge >= 0.3 is 6.18 Å². The molecule has 3 rings (SSSR count). The summed E-state index contributed by atoms with van der Waals surface area (Å²) < 4.78 is 68.9. The van der Waals surface area contributed by atoms with Gasteiger partial charge in [-0.05, 0) is 36.6 Å². The highest BCUT2D eigenvalue weighted by atomic mass is 32.2. The summed E-state index contributed by atoms with van der Waals surface area (Å²) >= 11 is 0. The average Bonchev–Trinajstić information content (AvgIpc) is 3.08. The van der Waals surface area contributed by atoms with Crippen LogP contribution in [0.25, 0.3) is 11.1 Å². The number of alkyl halides is 3. The molecule has 1 aliphatic rings. The van der Waals surface area contributed by atoms with E-state index in [0.29, 0.717) is 24.5 Å². The van der Waals surface area contributed by atoms with E-state index in [0.717, 1.165) is 31.4 Å². The smallest absolute Gasteiger partial charge is 0.383 e. The first-order chi connectivity index (χ1) is 13.1. The summed E-state index contributed by atoms with van der Waals surface area (Å²) in [5.41, 5.74) is -0.249. The van der Waals surface area contributed by atoms with Crippen molar-refractivity contribution in [3.63, 3.8) is 0 Å². The minimum Gasteiger partial charge on any atom is -0.383 e. The van der Waals surface area contributed by atoms with Gasteiger partial charge in [0.25, 0.3) is 0 Å². The number of anilines is 1. The number of pyridine rings is 1. The molecular formula is C19H21F3N2O3S. The molecular weight excluding hydrogens is 393 g/mol. The van der Waals surface area contributed by atoms with Crippen LogP contribution in [-0.2, 0) is 20.8 Å². The van der Waals surface area contributed by atoms with Crippen molar-refractivity contribution in [2.24, 2.45) is 0 Å². The normalized spacial score (nSPS) is 17.9. The minimum atomic E-state index is -4.55. The first kappa shape index (κ1) is 20.6. The molecule has 0 spiro atoms. The van der Waals surface area contributed by atoms with Crippen molar-refractivity contribution in [1.82, 2.24) is 4.98 Å². The molecule has 1 atom stereocenters. The molecule has 0 aliphatic carbocycles. The van der Waals surface area contributed by atoms with Crippen LogP contribution >= 0.6 is 0 Å². The molecule has 9 heteroatoms. The van der Waals surface area contributed by atoms with Gasteiger partial charge in [-0.2, -0.15) is 13.2 Å². The second kappa shape index (κ2) is 7.71. The molecule has 1 unspecified atom stereocenters. The summed E-state index contributed by atoms with van der Waals surface area (Å²) in [5, 5.41) is 0. The number of sulfone groups is 1. The van der Waals surface area contributed by atoms with Gasteiger partial charge in [-0.1, -0.05) is 12.1 Å². The number of hydrogen-bond donors (Lipinski definition) is 0. The van der Waals surface area contributed by atoms with Crippen LogP contribution in [0.2, 0.25) is 0 Å². The third-order valence-electron chi connectivity index (χ3n) is 4.78. The van der Waals surface area contributed by atoms with Crippen molar-refractivity contribution in [2.45, 2.75) is 30.0 Å². The largest absolute Gasteiger partial charge is 0.417 e. The highest BCUT2D eigenvalue weighted by Crippen LogP contribution is 2.38. The number of rotatable bonds is 5. The SMILES string of the molecule is COCC1CCCN1c1ncc(C(F)(F)F)cc1-c1cccc(S(C)(=O)=O)c1. The molecule has 5 nitrogen and oxygen atoms in total. The van der Waals surface area contributed by atoms with Crippen molar-refractivity contribution in [1.29, 1.82) is 0 Å². The third kappa shape index (κ3) is 4.30. The molecule has 2 heterocycles. The number of hydrogen-bond acceptors (Lipinski definition) is 5. The highest BCUT2D eigenvalue weighted by Gasteiger charge is 2.34. The quantitative estimate of drug-likeness (QED) is 0.745. The Balaban J connectivity index is 2.17. The number of benzene rings is 1. The second-order valence-corrected chi connectivity index (χ2v) is 8.85. The Morgan fingerprint density at radius 2 is 2.04 bits per heavy atom. The van der Waals surface area contributed by atoms with E-state index in [1.54, 1.807) is 13.2 Å². The molecule has 1 fully saturated rings. The lowest BCUT2D eigenvalue weighted by atomic mass is 10.0. The van der Waals surface area contributed by atoms with Gasteiger partial charge in [-0.25, -0.2) is 13.4 Å². The van der Waals surface area contributed by atoms with Crippen molar-refractivity contribution in [2.75, 3.05) is 31.4 Å². The average molecular weight is 414 g/mol. The molecule has 28 heavy (non-hydrogen) atoms. The Labute approximate surface area is 162 Å². The van der Waals surface area contributed by atoms with Crippen LogP contribution in [0, 0.1) is 0 Å². The maximum atomic E-state index is 13.3.